The molecular formula is C8H11N. The van der Waals surface area contributed by atoms with Crippen molar-refractivity contribution in [1.82, 2.24) is 4.90 Å². The van der Waals surface area contributed by atoms with E-state index in [2.05, 4.69) is 18.9 Å². The smallest absolute Gasteiger partial charge is 0.0866 e. The molecule has 48 valence electrons. The lowest BCUT2D eigenvalue weighted by molar-refractivity contribution is 0.446. The Balaban J connectivity index is 3.48. The molecule has 9 heavy (non-hydrogen) atoms. The lowest BCUT2D eigenvalue weighted by atomic mass is 10.4. The van der Waals surface area contributed by atoms with Gasteiger partial charge in [0.15, 0.2) is 0 Å². The van der Waals surface area contributed by atoms with Crippen LogP contribution in [0.3, 0.4) is 0 Å². The summed E-state index contributed by atoms with van der Waals surface area (Å²) in [7, 11) is 0. The first kappa shape index (κ1) is 7.92. The lowest BCUT2D eigenvalue weighted by Gasteiger charge is -2.11. The standard InChI is InChI=1S/C8H11N/c1-4-7-9(6-3)8-5-2/h1,3H,5,7-8H2,2H3. The van der Waals surface area contributed by atoms with Gasteiger partial charge >= 0.3 is 0 Å². The third kappa shape index (κ3) is 3.50. The van der Waals surface area contributed by atoms with Crippen LogP contribution in [0, 0.1) is 24.8 Å². The SMILES string of the molecule is C#CCN(C#C)CCC. The van der Waals surface area contributed by atoms with E-state index in [9.17, 15) is 0 Å². The van der Waals surface area contributed by atoms with E-state index in [1.54, 1.807) is 4.90 Å². The van der Waals surface area contributed by atoms with Gasteiger partial charge in [-0.1, -0.05) is 19.3 Å². The normalized spacial score (nSPS) is 7.44. The van der Waals surface area contributed by atoms with E-state index in [1.807, 2.05) is 0 Å². The molecule has 0 rings (SSSR count). The summed E-state index contributed by atoms with van der Waals surface area (Å²) in [5, 5.41) is 0. The summed E-state index contributed by atoms with van der Waals surface area (Å²) < 4.78 is 0. The minimum atomic E-state index is 0.560. The van der Waals surface area contributed by atoms with Crippen molar-refractivity contribution >= 4 is 0 Å². The molecule has 0 aliphatic heterocycles. The number of terminal acetylenes is 2. The molecule has 0 heterocycles. The first-order valence-electron chi connectivity index (χ1n) is 2.99. The summed E-state index contributed by atoms with van der Waals surface area (Å²) in [5.41, 5.74) is 0. The van der Waals surface area contributed by atoms with Crippen molar-refractivity contribution in [3.63, 3.8) is 0 Å². The number of hydrogen-bond acceptors (Lipinski definition) is 1. The van der Waals surface area contributed by atoms with Crippen molar-refractivity contribution in [3.05, 3.63) is 0 Å². The van der Waals surface area contributed by atoms with Crippen LogP contribution < -0.4 is 0 Å². The van der Waals surface area contributed by atoms with Gasteiger partial charge in [-0.05, 0) is 6.42 Å². The molecule has 0 radical (unpaired) electrons. The molecule has 0 aromatic heterocycles. The van der Waals surface area contributed by atoms with Crippen molar-refractivity contribution in [2.75, 3.05) is 13.1 Å². The zero-order valence-corrected chi connectivity index (χ0v) is 5.72. The first-order valence-corrected chi connectivity index (χ1v) is 2.99. The molecule has 0 amide bonds. The quantitative estimate of drug-likeness (QED) is 0.396. The van der Waals surface area contributed by atoms with Gasteiger partial charge in [0.1, 0.15) is 0 Å². The zero-order chi connectivity index (χ0) is 7.11. The van der Waals surface area contributed by atoms with Crippen LogP contribution in [0.25, 0.3) is 0 Å². The largest absolute Gasteiger partial charge is 0.321 e. The van der Waals surface area contributed by atoms with Gasteiger partial charge in [-0.25, -0.2) is 0 Å². The molecule has 1 nitrogen and oxygen atoms in total. The van der Waals surface area contributed by atoms with Gasteiger partial charge in [-0.3, -0.25) is 0 Å². The highest BCUT2D eigenvalue weighted by Gasteiger charge is 1.90. The lowest BCUT2D eigenvalue weighted by Crippen LogP contribution is -2.18. The van der Waals surface area contributed by atoms with E-state index in [1.165, 1.54) is 0 Å². The molecule has 0 unspecified atom stereocenters. The second-order valence-electron chi connectivity index (χ2n) is 1.75. The minimum absolute atomic E-state index is 0.560. The second-order valence-corrected chi connectivity index (χ2v) is 1.75. The molecule has 0 aliphatic rings. The topological polar surface area (TPSA) is 3.24 Å². The Kier molecular flexibility index (Phi) is 4.46. The average Bonchev–Trinajstić information content (AvgIpc) is 1.88. The molecule has 0 aliphatic carbocycles. The summed E-state index contributed by atoms with van der Waals surface area (Å²) in [5.74, 6) is 2.49. The summed E-state index contributed by atoms with van der Waals surface area (Å²) in [6.07, 6.45) is 11.2. The monoisotopic (exact) mass is 121 g/mol. The fourth-order valence-electron chi connectivity index (χ4n) is 0.569. The van der Waals surface area contributed by atoms with Crippen molar-refractivity contribution < 1.29 is 0 Å². The molecule has 0 saturated carbocycles. The van der Waals surface area contributed by atoms with E-state index in [0.29, 0.717) is 6.54 Å². The maximum Gasteiger partial charge on any atom is 0.0866 e. The van der Waals surface area contributed by atoms with Crippen molar-refractivity contribution in [2.24, 2.45) is 0 Å². The van der Waals surface area contributed by atoms with E-state index >= 15 is 0 Å². The predicted octanol–water partition coefficient (Wildman–Crippen LogP) is 0.922. The Labute approximate surface area is 57.1 Å². The first-order chi connectivity index (χ1) is 4.35. The molecule has 0 aromatic rings. The van der Waals surface area contributed by atoms with Crippen LogP contribution in [0.2, 0.25) is 0 Å². The van der Waals surface area contributed by atoms with Gasteiger partial charge in [0, 0.05) is 12.6 Å². The average molecular weight is 121 g/mol. The fraction of sp³-hybridized carbons (Fsp3) is 0.500. The third-order valence-corrected chi connectivity index (χ3v) is 0.958. The molecule has 1 heteroatoms. The maximum absolute atomic E-state index is 5.13. The van der Waals surface area contributed by atoms with Gasteiger partial charge in [0.25, 0.3) is 0 Å². The molecule has 0 atom stereocenters. The summed E-state index contributed by atoms with van der Waals surface area (Å²) >= 11 is 0. The molecule has 0 fully saturated rings. The number of hydrogen-bond donors (Lipinski definition) is 0. The highest BCUT2D eigenvalue weighted by molar-refractivity contribution is 4.95. The van der Waals surface area contributed by atoms with E-state index < -0.39 is 0 Å². The van der Waals surface area contributed by atoms with Gasteiger partial charge < -0.3 is 4.90 Å². The summed E-state index contributed by atoms with van der Waals surface area (Å²) in [4.78, 5) is 1.78. The molecule has 0 spiro atoms. The van der Waals surface area contributed by atoms with Crippen molar-refractivity contribution in [1.29, 1.82) is 0 Å². The maximum atomic E-state index is 5.13. The van der Waals surface area contributed by atoms with Crippen LogP contribution in [-0.4, -0.2) is 18.0 Å². The highest BCUT2D eigenvalue weighted by atomic mass is 15.1. The van der Waals surface area contributed by atoms with Crippen LogP contribution in [-0.2, 0) is 0 Å². The Morgan fingerprint density at radius 3 is 2.44 bits per heavy atom. The van der Waals surface area contributed by atoms with Crippen LogP contribution in [0.15, 0.2) is 0 Å². The van der Waals surface area contributed by atoms with E-state index in [4.69, 9.17) is 12.8 Å². The minimum Gasteiger partial charge on any atom is -0.321 e. The molecular weight excluding hydrogens is 110 g/mol. The molecule has 0 aromatic carbocycles. The van der Waals surface area contributed by atoms with Gasteiger partial charge in [0.2, 0.25) is 0 Å². The Morgan fingerprint density at radius 1 is 1.44 bits per heavy atom. The van der Waals surface area contributed by atoms with Gasteiger partial charge in [0.05, 0.1) is 6.54 Å². The number of nitrogens with zero attached hydrogens (tertiary/aromatic N) is 1. The molecule has 0 N–H and O–H groups in total. The van der Waals surface area contributed by atoms with E-state index in [-0.39, 0.29) is 0 Å². The summed E-state index contributed by atoms with van der Waals surface area (Å²) in [6, 6.07) is 2.49. The van der Waals surface area contributed by atoms with Gasteiger partial charge in [-0.2, -0.15) is 0 Å². The molecule has 0 bridgehead atoms. The fourth-order valence-corrected chi connectivity index (χ4v) is 0.569. The van der Waals surface area contributed by atoms with Crippen LogP contribution in [0.5, 0.6) is 0 Å². The molecule has 0 saturated heterocycles. The Hall–Kier alpha value is -1.08. The van der Waals surface area contributed by atoms with Crippen LogP contribution in [0.4, 0.5) is 0 Å². The third-order valence-electron chi connectivity index (χ3n) is 0.958. The Bertz CT molecular complexity index is 136. The summed E-state index contributed by atoms with van der Waals surface area (Å²) in [6.45, 7) is 3.52. The van der Waals surface area contributed by atoms with Crippen molar-refractivity contribution in [2.45, 2.75) is 13.3 Å². The van der Waals surface area contributed by atoms with Crippen LogP contribution >= 0.6 is 0 Å². The predicted molar refractivity (Wildman–Crippen MR) is 39.5 cm³/mol. The van der Waals surface area contributed by atoms with Gasteiger partial charge in [-0.15, -0.1) is 6.42 Å². The van der Waals surface area contributed by atoms with Crippen LogP contribution in [0.1, 0.15) is 13.3 Å². The van der Waals surface area contributed by atoms with E-state index in [0.717, 1.165) is 13.0 Å². The number of rotatable bonds is 3. The second kappa shape index (κ2) is 5.06. The van der Waals surface area contributed by atoms with Crippen molar-refractivity contribution in [3.8, 4) is 24.8 Å². The Morgan fingerprint density at radius 2 is 2.11 bits per heavy atom. The highest BCUT2D eigenvalue weighted by Crippen LogP contribution is 1.85. The zero-order valence-electron chi connectivity index (χ0n) is 5.72.